The predicted octanol–water partition coefficient (Wildman–Crippen LogP) is 1.33. The Labute approximate surface area is 144 Å². The van der Waals surface area contributed by atoms with Gasteiger partial charge in [-0.3, -0.25) is 14.5 Å². The molecule has 7 nitrogen and oxygen atoms in total. The number of guanidine groups is 1. The summed E-state index contributed by atoms with van der Waals surface area (Å²) in [6.45, 7) is 11.2. The number of carbonyl (C=O) groups is 1. The highest BCUT2D eigenvalue weighted by Gasteiger charge is 2.15. The van der Waals surface area contributed by atoms with E-state index in [9.17, 15) is 4.79 Å². The number of nitrogens with one attached hydrogen (secondary N) is 2. The van der Waals surface area contributed by atoms with E-state index in [2.05, 4.69) is 34.6 Å². The molecule has 0 amide bonds. The van der Waals surface area contributed by atoms with E-state index in [4.69, 9.17) is 4.74 Å². The van der Waals surface area contributed by atoms with Crippen LogP contribution in [-0.2, 0) is 23.0 Å². The van der Waals surface area contributed by atoms with Crippen LogP contribution < -0.4 is 10.6 Å². The van der Waals surface area contributed by atoms with E-state index in [1.54, 1.807) is 0 Å². The maximum absolute atomic E-state index is 11.5. The SMILES string of the molecule is CCNC(=NCC(C)C(=O)OC)NC(C)Cc1c(C)nn(C)c1C. The first-order valence-corrected chi connectivity index (χ1v) is 8.41. The molecule has 1 aromatic rings. The number of methoxy groups -OCH3 is 1. The van der Waals surface area contributed by atoms with Gasteiger partial charge >= 0.3 is 5.97 Å². The average Bonchev–Trinajstić information content (AvgIpc) is 2.78. The number of aromatic nitrogens is 2. The zero-order chi connectivity index (χ0) is 18.3. The molecule has 2 atom stereocenters. The largest absolute Gasteiger partial charge is 0.469 e. The van der Waals surface area contributed by atoms with Crippen molar-refractivity contribution in [3.05, 3.63) is 17.0 Å². The fourth-order valence-electron chi connectivity index (χ4n) is 2.53. The van der Waals surface area contributed by atoms with Crippen LogP contribution in [0, 0.1) is 19.8 Å². The first-order chi connectivity index (χ1) is 11.3. The average molecular weight is 337 g/mol. The van der Waals surface area contributed by atoms with Crippen LogP contribution in [-0.4, -0.2) is 48.0 Å². The molecule has 1 rings (SSSR count). The van der Waals surface area contributed by atoms with Crippen molar-refractivity contribution in [1.82, 2.24) is 20.4 Å². The second kappa shape index (κ2) is 9.30. The molecule has 0 aliphatic rings. The summed E-state index contributed by atoms with van der Waals surface area (Å²) in [5.41, 5.74) is 3.50. The second-order valence-electron chi connectivity index (χ2n) is 6.17. The number of hydrogen-bond acceptors (Lipinski definition) is 4. The Morgan fingerprint density at radius 2 is 2.04 bits per heavy atom. The molecule has 0 radical (unpaired) electrons. The Balaban J connectivity index is 2.71. The highest BCUT2D eigenvalue weighted by atomic mass is 16.5. The van der Waals surface area contributed by atoms with Crippen LogP contribution in [0.3, 0.4) is 0 Å². The maximum Gasteiger partial charge on any atom is 0.310 e. The molecule has 1 heterocycles. The summed E-state index contributed by atoms with van der Waals surface area (Å²) < 4.78 is 6.65. The lowest BCUT2D eigenvalue weighted by Crippen LogP contribution is -2.43. The van der Waals surface area contributed by atoms with E-state index in [-0.39, 0.29) is 17.9 Å². The van der Waals surface area contributed by atoms with Crippen molar-refractivity contribution in [3.8, 4) is 0 Å². The van der Waals surface area contributed by atoms with Crippen molar-refractivity contribution >= 4 is 11.9 Å². The quantitative estimate of drug-likeness (QED) is 0.446. The number of ether oxygens (including phenoxy) is 1. The van der Waals surface area contributed by atoms with Crippen molar-refractivity contribution in [2.75, 3.05) is 20.2 Å². The molecule has 2 unspecified atom stereocenters. The minimum absolute atomic E-state index is 0.192. The normalized spacial score (nSPS) is 14.2. The molecule has 0 spiro atoms. The molecule has 0 bridgehead atoms. The third-order valence-corrected chi connectivity index (χ3v) is 4.02. The Hall–Kier alpha value is -2.05. The molecule has 2 N–H and O–H groups in total. The molecule has 0 aliphatic heterocycles. The number of carbonyl (C=O) groups excluding carboxylic acids is 1. The van der Waals surface area contributed by atoms with Gasteiger partial charge in [-0.05, 0) is 39.7 Å². The molecular formula is C17H31N5O2. The van der Waals surface area contributed by atoms with Crippen molar-refractivity contribution in [3.63, 3.8) is 0 Å². The van der Waals surface area contributed by atoms with Gasteiger partial charge in [0, 0.05) is 25.3 Å². The Morgan fingerprint density at radius 1 is 1.38 bits per heavy atom. The van der Waals surface area contributed by atoms with Gasteiger partial charge in [-0.25, -0.2) is 0 Å². The highest BCUT2D eigenvalue weighted by molar-refractivity contribution is 5.80. The number of hydrogen-bond donors (Lipinski definition) is 2. The van der Waals surface area contributed by atoms with E-state index in [0.717, 1.165) is 18.7 Å². The Morgan fingerprint density at radius 3 is 2.54 bits per heavy atom. The summed E-state index contributed by atoms with van der Waals surface area (Å²) in [6, 6.07) is 0.192. The lowest BCUT2D eigenvalue weighted by atomic mass is 10.1. The van der Waals surface area contributed by atoms with E-state index < -0.39 is 0 Å². The van der Waals surface area contributed by atoms with Crippen LogP contribution in [0.25, 0.3) is 0 Å². The van der Waals surface area contributed by atoms with Crippen LogP contribution in [0.1, 0.15) is 37.7 Å². The number of esters is 1. The van der Waals surface area contributed by atoms with Crippen LogP contribution in [0.5, 0.6) is 0 Å². The van der Waals surface area contributed by atoms with Gasteiger partial charge in [-0.15, -0.1) is 0 Å². The van der Waals surface area contributed by atoms with E-state index in [1.165, 1.54) is 18.4 Å². The Kier molecular flexibility index (Phi) is 7.74. The molecule has 1 aromatic heterocycles. The molecular weight excluding hydrogens is 306 g/mol. The Bertz CT molecular complexity index is 580. The van der Waals surface area contributed by atoms with Crippen LogP contribution in [0.15, 0.2) is 4.99 Å². The summed E-state index contributed by atoms with van der Waals surface area (Å²) in [5.74, 6) is 0.202. The number of aryl methyl sites for hydroxylation is 2. The molecule has 0 fully saturated rings. The van der Waals surface area contributed by atoms with Crippen LogP contribution in [0.2, 0.25) is 0 Å². The summed E-state index contributed by atoms with van der Waals surface area (Å²) in [7, 11) is 3.36. The summed E-state index contributed by atoms with van der Waals surface area (Å²) >= 11 is 0. The van der Waals surface area contributed by atoms with E-state index in [1.807, 2.05) is 32.5 Å². The van der Waals surface area contributed by atoms with Crippen molar-refractivity contribution in [1.29, 1.82) is 0 Å². The minimum Gasteiger partial charge on any atom is -0.469 e. The van der Waals surface area contributed by atoms with Gasteiger partial charge in [0.15, 0.2) is 5.96 Å². The molecule has 0 saturated carbocycles. The van der Waals surface area contributed by atoms with Crippen LogP contribution in [0.4, 0.5) is 0 Å². The van der Waals surface area contributed by atoms with Gasteiger partial charge in [-0.1, -0.05) is 6.92 Å². The van der Waals surface area contributed by atoms with E-state index in [0.29, 0.717) is 12.5 Å². The topological polar surface area (TPSA) is 80.5 Å². The number of nitrogens with zero attached hydrogens (tertiary/aromatic N) is 3. The standard InChI is InChI=1S/C17H31N5O2/c1-8-18-17(19-10-11(2)16(23)24-7)20-12(3)9-15-13(4)21-22(6)14(15)5/h11-12H,8-10H2,1-7H3,(H2,18,19,20). The summed E-state index contributed by atoms with van der Waals surface area (Å²) in [5, 5.41) is 11.1. The summed E-state index contributed by atoms with van der Waals surface area (Å²) in [4.78, 5) is 16.0. The molecule has 0 aromatic carbocycles. The van der Waals surface area contributed by atoms with Crippen molar-refractivity contribution < 1.29 is 9.53 Å². The fraction of sp³-hybridized carbons (Fsp3) is 0.706. The zero-order valence-corrected chi connectivity index (χ0v) is 15.9. The van der Waals surface area contributed by atoms with Gasteiger partial charge in [0.25, 0.3) is 0 Å². The van der Waals surface area contributed by atoms with Crippen molar-refractivity contribution in [2.45, 2.75) is 47.1 Å². The predicted molar refractivity (Wildman–Crippen MR) is 96.1 cm³/mol. The summed E-state index contributed by atoms with van der Waals surface area (Å²) in [6.07, 6.45) is 0.864. The smallest absolute Gasteiger partial charge is 0.310 e. The highest BCUT2D eigenvalue weighted by Crippen LogP contribution is 2.14. The molecule has 24 heavy (non-hydrogen) atoms. The van der Waals surface area contributed by atoms with E-state index >= 15 is 0 Å². The maximum atomic E-state index is 11.5. The monoisotopic (exact) mass is 337 g/mol. The molecule has 7 heteroatoms. The lowest BCUT2D eigenvalue weighted by molar-refractivity contribution is -0.144. The minimum atomic E-state index is -0.261. The molecule has 0 aliphatic carbocycles. The second-order valence-corrected chi connectivity index (χ2v) is 6.17. The molecule has 136 valence electrons. The van der Waals surface area contributed by atoms with Crippen LogP contribution >= 0.6 is 0 Å². The third kappa shape index (κ3) is 5.54. The zero-order valence-electron chi connectivity index (χ0n) is 15.9. The van der Waals surface area contributed by atoms with Crippen molar-refractivity contribution in [2.24, 2.45) is 18.0 Å². The number of rotatable bonds is 7. The lowest BCUT2D eigenvalue weighted by Gasteiger charge is -2.18. The third-order valence-electron chi connectivity index (χ3n) is 4.02. The van der Waals surface area contributed by atoms with Gasteiger partial charge in [0.1, 0.15) is 0 Å². The number of aliphatic imine (C=N–C) groups is 1. The van der Waals surface area contributed by atoms with Gasteiger partial charge < -0.3 is 15.4 Å². The first kappa shape index (κ1) is 20.0. The van der Waals surface area contributed by atoms with Gasteiger partial charge in [0.2, 0.25) is 0 Å². The fourth-order valence-corrected chi connectivity index (χ4v) is 2.53. The van der Waals surface area contributed by atoms with Gasteiger partial charge in [0.05, 0.1) is 25.3 Å². The first-order valence-electron chi connectivity index (χ1n) is 8.41. The molecule has 0 saturated heterocycles. The van der Waals surface area contributed by atoms with Gasteiger partial charge in [-0.2, -0.15) is 5.10 Å².